The number of nitrogen functional groups attached to an aromatic ring is 1. The van der Waals surface area contributed by atoms with E-state index >= 15 is 0 Å². The van der Waals surface area contributed by atoms with Gasteiger partial charge in [0.25, 0.3) is 0 Å². The molecule has 3 rings (SSSR count). The van der Waals surface area contributed by atoms with E-state index in [0.29, 0.717) is 22.9 Å². The average Bonchev–Trinajstić information content (AvgIpc) is 3.21. The number of ether oxygens (including phenoxy) is 4. The van der Waals surface area contributed by atoms with Gasteiger partial charge in [0.15, 0.2) is 11.5 Å². The highest BCUT2D eigenvalue weighted by Crippen LogP contribution is 2.39. The lowest BCUT2D eigenvalue weighted by Gasteiger charge is -2.11. The summed E-state index contributed by atoms with van der Waals surface area (Å²) >= 11 is 7.42. The second-order valence-corrected chi connectivity index (χ2v) is 7.10. The largest absolute Gasteiger partial charge is 0.496 e. The fraction of sp³-hybridized carbons (Fsp3) is 0.200. The van der Waals surface area contributed by atoms with Gasteiger partial charge in [-0.15, -0.1) is 11.3 Å². The Hall–Kier alpha value is -2.97. The van der Waals surface area contributed by atoms with Gasteiger partial charge in [0, 0.05) is 11.4 Å². The van der Waals surface area contributed by atoms with Crippen molar-refractivity contribution in [1.29, 1.82) is 0 Å². The first kappa shape index (κ1) is 20.8. The molecule has 152 valence electrons. The molecule has 3 aromatic rings. The Labute approximate surface area is 176 Å². The maximum absolute atomic E-state index is 12.5. The Kier molecular flexibility index (Phi) is 6.46. The molecule has 0 aliphatic heterocycles. The van der Waals surface area contributed by atoms with Gasteiger partial charge < -0.3 is 24.7 Å². The minimum absolute atomic E-state index is 0.00718. The number of nitrogens with two attached hydrogens (primary N) is 1. The summed E-state index contributed by atoms with van der Waals surface area (Å²) in [7, 11) is 4.59. The van der Waals surface area contributed by atoms with Crippen LogP contribution in [0.15, 0.2) is 35.7 Å². The van der Waals surface area contributed by atoms with Gasteiger partial charge in [-0.3, -0.25) is 0 Å². The molecule has 29 heavy (non-hydrogen) atoms. The van der Waals surface area contributed by atoms with Crippen molar-refractivity contribution in [1.82, 2.24) is 4.98 Å². The third-order valence-corrected chi connectivity index (χ3v) is 5.33. The summed E-state index contributed by atoms with van der Waals surface area (Å²) < 4.78 is 21.3. The number of aromatic nitrogens is 1. The number of hydrogen-bond donors (Lipinski definition) is 1. The van der Waals surface area contributed by atoms with Gasteiger partial charge in [0.1, 0.15) is 22.9 Å². The van der Waals surface area contributed by atoms with E-state index in [-0.39, 0.29) is 22.9 Å². The standard InChI is InChI=1S/C20H19ClN2O5S/c1-25-16-6-4-5-12(18(16)27-3)19-23-11(10-29-19)9-28-20(24)13-7-14(21)15(22)8-17(13)26-2/h4-8,10H,9,22H2,1-3H3. The van der Waals surface area contributed by atoms with E-state index in [4.69, 9.17) is 36.3 Å². The molecule has 0 aliphatic rings. The zero-order valence-electron chi connectivity index (χ0n) is 16.0. The van der Waals surface area contributed by atoms with E-state index in [2.05, 4.69) is 4.98 Å². The average molecular weight is 435 g/mol. The number of carbonyl (C=O) groups excluding carboxylic acids is 1. The van der Waals surface area contributed by atoms with Gasteiger partial charge in [-0.1, -0.05) is 17.7 Å². The van der Waals surface area contributed by atoms with Crippen molar-refractivity contribution < 1.29 is 23.7 Å². The summed E-state index contributed by atoms with van der Waals surface area (Å²) in [6.45, 7) is -0.00718. The van der Waals surface area contributed by atoms with Gasteiger partial charge in [0.2, 0.25) is 0 Å². The van der Waals surface area contributed by atoms with Gasteiger partial charge in [-0.2, -0.15) is 0 Å². The number of nitrogens with zero attached hydrogens (tertiary/aromatic N) is 1. The molecule has 0 bridgehead atoms. The second-order valence-electron chi connectivity index (χ2n) is 5.84. The van der Waals surface area contributed by atoms with Crippen LogP contribution in [0.2, 0.25) is 5.02 Å². The molecule has 0 fully saturated rings. The number of halogens is 1. The number of para-hydroxylation sites is 1. The molecule has 2 aromatic carbocycles. The lowest BCUT2D eigenvalue weighted by molar-refractivity contribution is 0.0465. The number of esters is 1. The van der Waals surface area contributed by atoms with Crippen LogP contribution in [0.3, 0.4) is 0 Å². The van der Waals surface area contributed by atoms with Crippen molar-refractivity contribution in [2.45, 2.75) is 6.61 Å². The molecular formula is C20H19ClN2O5S. The van der Waals surface area contributed by atoms with Crippen molar-refractivity contribution in [3.05, 3.63) is 52.0 Å². The molecule has 9 heteroatoms. The molecule has 0 aliphatic carbocycles. The molecule has 7 nitrogen and oxygen atoms in total. The monoisotopic (exact) mass is 434 g/mol. The van der Waals surface area contributed by atoms with Crippen molar-refractivity contribution in [3.63, 3.8) is 0 Å². The molecule has 0 atom stereocenters. The summed E-state index contributed by atoms with van der Waals surface area (Å²) in [5.74, 6) is 0.906. The van der Waals surface area contributed by atoms with E-state index in [1.54, 1.807) is 14.2 Å². The highest BCUT2D eigenvalue weighted by atomic mass is 35.5. The van der Waals surface area contributed by atoms with Crippen LogP contribution in [0.25, 0.3) is 10.6 Å². The number of rotatable bonds is 7. The first-order chi connectivity index (χ1) is 14.0. The molecule has 0 amide bonds. The Morgan fingerprint density at radius 1 is 1.14 bits per heavy atom. The lowest BCUT2D eigenvalue weighted by atomic mass is 10.2. The van der Waals surface area contributed by atoms with Gasteiger partial charge in [0.05, 0.1) is 43.3 Å². The second kappa shape index (κ2) is 9.02. The van der Waals surface area contributed by atoms with Gasteiger partial charge in [-0.05, 0) is 18.2 Å². The maximum Gasteiger partial charge on any atom is 0.342 e. The maximum atomic E-state index is 12.5. The van der Waals surface area contributed by atoms with Gasteiger partial charge in [-0.25, -0.2) is 9.78 Å². The molecule has 0 spiro atoms. The summed E-state index contributed by atoms with van der Waals surface area (Å²) in [5.41, 5.74) is 7.64. The van der Waals surface area contributed by atoms with Crippen molar-refractivity contribution in [2.24, 2.45) is 0 Å². The molecule has 0 saturated heterocycles. The van der Waals surface area contributed by atoms with Crippen LogP contribution < -0.4 is 19.9 Å². The van der Waals surface area contributed by atoms with Crippen LogP contribution in [-0.2, 0) is 11.3 Å². The third kappa shape index (κ3) is 4.38. The van der Waals surface area contributed by atoms with E-state index in [9.17, 15) is 4.79 Å². The van der Waals surface area contributed by atoms with E-state index in [1.165, 1.54) is 30.6 Å². The first-order valence-electron chi connectivity index (χ1n) is 8.44. The van der Waals surface area contributed by atoms with Crippen LogP contribution in [0.4, 0.5) is 5.69 Å². The molecule has 1 heterocycles. The fourth-order valence-electron chi connectivity index (χ4n) is 2.67. The Balaban J connectivity index is 1.77. The topological polar surface area (TPSA) is 92.9 Å². The number of thiazole rings is 1. The number of hydrogen-bond acceptors (Lipinski definition) is 8. The smallest absolute Gasteiger partial charge is 0.342 e. The normalized spacial score (nSPS) is 10.5. The summed E-state index contributed by atoms with van der Waals surface area (Å²) in [4.78, 5) is 17.0. The fourth-order valence-corrected chi connectivity index (χ4v) is 3.66. The molecule has 1 aromatic heterocycles. The zero-order valence-corrected chi connectivity index (χ0v) is 17.6. The third-order valence-electron chi connectivity index (χ3n) is 4.07. The highest BCUT2D eigenvalue weighted by molar-refractivity contribution is 7.13. The molecule has 0 radical (unpaired) electrons. The van der Waals surface area contributed by atoms with E-state index < -0.39 is 5.97 Å². The predicted octanol–water partition coefficient (Wildman–Crippen LogP) is 4.43. The minimum atomic E-state index is -0.586. The highest BCUT2D eigenvalue weighted by Gasteiger charge is 2.18. The number of anilines is 1. The number of methoxy groups -OCH3 is 3. The van der Waals surface area contributed by atoms with Crippen LogP contribution in [0, 0.1) is 0 Å². The lowest BCUT2D eigenvalue weighted by Crippen LogP contribution is -2.08. The Morgan fingerprint density at radius 2 is 1.90 bits per heavy atom. The Morgan fingerprint density at radius 3 is 2.59 bits per heavy atom. The van der Waals surface area contributed by atoms with Crippen molar-refractivity contribution >= 4 is 34.6 Å². The van der Waals surface area contributed by atoms with E-state index in [1.807, 2.05) is 23.6 Å². The van der Waals surface area contributed by atoms with Crippen LogP contribution in [0.5, 0.6) is 17.2 Å². The Bertz CT molecular complexity index is 1040. The predicted molar refractivity (Wildman–Crippen MR) is 112 cm³/mol. The van der Waals surface area contributed by atoms with Crippen LogP contribution >= 0.6 is 22.9 Å². The molecule has 0 saturated carbocycles. The van der Waals surface area contributed by atoms with E-state index in [0.717, 1.165) is 10.6 Å². The zero-order chi connectivity index (χ0) is 21.0. The quantitative estimate of drug-likeness (QED) is 0.434. The van der Waals surface area contributed by atoms with Crippen molar-refractivity contribution in [2.75, 3.05) is 27.1 Å². The van der Waals surface area contributed by atoms with Crippen LogP contribution in [-0.4, -0.2) is 32.3 Å². The molecule has 0 unspecified atom stereocenters. The number of benzene rings is 2. The van der Waals surface area contributed by atoms with Crippen LogP contribution in [0.1, 0.15) is 16.1 Å². The number of carbonyl (C=O) groups is 1. The minimum Gasteiger partial charge on any atom is -0.496 e. The van der Waals surface area contributed by atoms with Gasteiger partial charge >= 0.3 is 5.97 Å². The van der Waals surface area contributed by atoms with Crippen molar-refractivity contribution in [3.8, 4) is 27.8 Å². The molecular weight excluding hydrogens is 416 g/mol. The molecule has 2 N–H and O–H groups in total. The summed E-state index contributed by atoms with van der Waals surface area (Å²) in [6, 6.07) is 8.45. The SMILES string of the molecule is COc1cc(N)c(Cl)cc1C(=O)OCc1csc(-c2cccc(OC)c2OC)n1. The summed E-state index contributed by atoms with van der Waals surface area (Å²) in [5, 5.41) is 2.79. The first-order valence-corrected chi connectivity index (χ1v) is 9.70. The summed E-state index contributed by atoms with van der Waals surface area (Å²) in [6.07, 6.45) is 0.